The van der Waals surface area contributed by atoms with Crippen LogP contribution >= 0.6 is 0 Å². The first-order valence-corrected chi connectivity index (χ1v) is 8.71. The number of aromatic nitrogens is 1. The van der Waals surface area contributed by atoms with Crippen molar-refractivity contribution >= 4 is 23.6 Å². The van der Waals surface area contributed by atoms with Crippen LogP contribution < -0.4 is 4.90 Å². The summed E-state index contributed by atoms with van der Waals surface area (Å²) in [5.74, 6) is -0.579. The molecule has 1 aromatic rings. The van der Waals surface area contributed by atoms with Gasteiger partial charge in [0, 0.05) is 46.3 Å². The van der Waals surface area contributed by atoms with Crippen LogP contribution in [0.15, 0.2) is 18.3 Å². The van der Waals surface area contributed by atoms with Crippen LogP contribution in [0.25, 0.3) is 0 Å². The SMILES string of the molecule is CC(=O)N(CC(=O)O)[C@@H]1CCCN(C(=O)c2ccc(N(C)C)nc2)CC1. The van der Waals surface area contributed by atoms with E-state index in [1.807, 2.05) is 19.0 Å². The van der Waals surface area contributed by atoms with E-state index in [2.05, 4.69) is 4.98 Å². The van der Waals surface area contributed by atoms with Crippen molar-refractivity contribution in [3.63, 3.8) is 0 Å². The van der Waals surface area contributed by atoms with Gasteiger partial charge in [-0.15, -0.1) is 0 Å². The molecule has 0 unspecified atom stereocenters. The highest BCUT2D eigenvalue weighted by Gasteiger charge is 2.28. The van der Waals surface area contributed by atoms with Gasteiger partial charge >= 0.3 is 5.97 Å². The zero-order valence-electron chi connectivity index (χ0n) is 15.5. The van der Waals surface area contributed by atoms with E-state index < -0.39 is 5.97 Å². The number of carbonyl (C=O) groups is 3. The van der Waals surface area contributed by atoms with Gasteiger partial charge in [-0.25, -0.2) is 4.98 Å². The van der Waals surface area contributed by atoms with Crippen LogP contribution in [0.2, 0.25) is 0 Å². The first kappa shape index (κ1) is 19.7. The lowest BCUT2D eigenvalue weighted by Gasteiger charge is -2.28. The number of anilines is 1. The molecule has 26 heavy (non-hydrogen) atoms. The van der Waals surface area contributed by atoms with Crippen LogP contribution in [0, 0.1) is 0 Å². The Morgan fingerprint density at radius 3 is 2.50 bits per heavy atom. The lowest BCUT2D eigenvalue weighted by atomic mass is 10.1. The van der Waals surface area contributed by atoms with Gasteiger partial charge in [-0.05, 0) is 31.4 Å². The summed E-state index contributed by atoms with van der Waals surface area (Å²) in [6.07, 6.45) is 3.56. The molecule has 0 radical (unpaired) electrons. The predicted octanol–water partition coefficient (Wildman–Crippen LogP) is 1.08. The monoisotopic (exact) mass is 362 g/mol. The second-order valence-corrected chi connectivity index (χ2v) is 6.72. The molecule has 8 nitrogen and oxygen atoms in total. The van der Waals surface area contributed by atoms with Gasteiger partial charge in [-0.3, -0.25) is 14.4 Å². The Morgan fingerprint density at radius 2 is 1.96 bits per heavy atom. The Labute approximate surface area is 153 Å². The second kappa shape index (κ2) is 8.64. The summed E-state index contributed by atoms with van der Waals surface area (Å²) in [7, 11) is 3.77. The Kier molecular flexibility index (Phi) is 6.54. The van der Waals surface area contributed by atoms with Gasteiger partial charge in [0.2, 0.25) is 5.91 Å². The highest BCUT2D eigenvalue weighted by atomic mass is 16.4. The fraction of sp³-hybridized carbons (Fsp3) is 0.556. The molecule has 8 heteroatoms. The summed E-state index contributed by atoms with van der Waals surface area (Å²) >= 11 is 0. The average Bonchev–Trinajstić information content (AvgIpc) is 2.84. The summed E-state index contributed by atoms with van der Waals surface area (Å²) in [4.78, 5) is 44.8. The van der Waals surface area contributed by atoms with Crippen molar-refractivity contribution in [3.8, 4) is 0 Å². The number of amides is 2. The molecule has 1 fully saturated rings. The van der Waals surface area contributed by atoms with Crippen molar-refractivity contribution in [3.05, 3.63) is 23.9 Å². The molecule has 142 valence electrons. The third kappa shape index (κ3) is 4.93. The highest BCUT2D eigenvalue weighted by Crippen LogP contribution is 2.19. The number of carbonyl (C=O) groups excluding carboxylic acids is 2. The first-order chi connectivity index (χ1) is 12.3. The van der Waals surface area contributed by atoms with E-state index in [1.165, 1.54) is 11.8 Å². The standard InChI is InChI=1S/C18H26N4O4/c1-13(23)22(12-17(24)25)15-5-4-9-21(10-8-15)18(26)14-6-7-16(19-11-14)20(2)3/h6-7,11,15H,4-5,8-10,12H2,1-3H3,(H,24,25)/t15-/m1/s1. The minimum atomic E-state index is -1.02. The molecule has 1 aliphatic rings. The topological polar surface area (TPSA) is 94.0 Å². The van der Waals surface area contributed by atoms with Gasteiger partial charge in [-0.2, -0.15) is 0 Å². The molecule has 1 atom stereocenters. The molecule has 1 N–H and O–H groups in total. The van der Waals surface area contributed by atoms with Crippen LogP contribution in [0.4, 0.5) is 5.82 Å². The molecule has 0 aromatic carbocycles. The molecule has 1 aliphatic heterocycles. The fourth-order valence-electron chi connectivity index (χ4n) is 3.20. The lowest BCUT2D eigenvalue weighted by molar-refractivity contribution is -0.145. The summed E-state index contributed by atoms with van der Waals surface area (Å²) in [6, 6.07) is 3.41. The molecule has 2 heterocycles. The van der Waals surface area contributed by atoms with Crippen LogP contribution in [-0.2, 0) is 9.59 Å². The number of hydrogen-bond donors (Lipinski definition) is 1. The summed E-state index contributed by atoms with van der Waals surface area (Å²) in [6.45, 7) is 2.16. The molecular weight excluding hydrogens is 336 g/mol. The summed E-state index contributed by atoms with van der Waals surface area (Å²) < 4.78 is 0. The number of hydrogen-bond acceptors (Lipinski definition) is 5. The van der Waals surface area contributed by atoms with Crippen molar-refractivity contribution in [1.29, 1.82) is 0 Å². The number of carboxylic acid groups (broad SMARTS) is 1. The maximum atomic E-state index is 12.7. The third-order valence-electron chi connectivity index (χ3n) is 4.59. The second-order valence-electron chi connectivity index (χ2n) is 6.72. The van der Waals surface area contributed by atoms with Crippen LogP contribution in [0.1, 0.15) is 36.5 Å². The van der Waals surface area contributed by atoms with Crippen molar-refractivity contribution in [2.75, 3.05) is 38.6 Å². The highest BCUT2D eigenvalue weighted by molar-refractivity contribution is 5.94. The summed E-state index contributed by atoms with van der Waals surface area (Å²) in [5.41, 5.74) is 0.531. The van der Waals surface area contributed by atoms with E-state index in [9.17, 15) is 14.4 Å². The predicted molar refractivity (Wildman–Crippen MR) is 97.1 cm³/mol. The van der Waals surface area contributed by atoms with E-state index in [0.29, 0.717) is 31.5 Å². The fourth-order valence-corrected chi connectivity index (χ4v) is 3.20. The minimum absolute atomic E-state index is 0.0870. The minimum Gasteiger partial charge on any atom is -0.480 e. The number of likely N-dealkylation sites (tertiary alicyclic amines) is 1. The Hall–Kier alpha value is -2.64. The van der Waals surface area contributed by atoms with Gasteiger partial charge in [0.15, 0.2) is 0 Å². The van der Waals surface area contributed by atoms with Crippen molar-refractivity contribution in [2.45, 2.75) is 32.2 Å². The van der Waals surface area contributed by atoms with E-state index >= 15 is 0 Å². The Morgan fingerprint density at radius 1 is 1.23 bits per heavy atom. The number of aliphatic carboxylic acids is 1. The molecule has 2 amide bonds. The van der Waals surface area contributed by atoms with E-state index in [4.69, 9.17) is 5.11 Å². The molecule has 0 aliphatic carbocycles. The van der Waals surface area contributed by atoms with E-state index in [-0.39, 0.29) is 24.4 Å². The van der Waals surface area contributed by atoms with Crippen molar-refractivity contribution in [1.82, 2.24) is 14.8 Å². The van der Waals surface area contributed by atoms with Crippen LogP contribution in [0.3, 0.4) is 0 Å². The maximum Gasteiger partial charge on any atom is 0.323 e. The first-order valence-electron chi connectivity index (χ1n) is 8.71. The number of nitrogens with zero attached hydrogens (tertiary/aromatic N) is 4. The third-order valence-corrected chi connectivity index (χ3v) is 4.59. The molecular formula is C18H26N4O4. The lowest BCUT2D eigenvalue weighted by Crippen LogP contribution is -2.43. The van der Waals surface area contributed by atoms with Gasteiger partial charge in [0.1, 0.15) is 12.4 Å². The largest absolute Gasteiger partial charge is 0.480 e. The summed E-state index contributed by atoms with van der Waals surface area (Å²) in [5, 5.41) is 9.02. The van der Waals surface area contributed by atoms with E-state index in [1.54, 1.807) is 23.2 Å². The molecule has 1 aromatic heterocycles. The van der Waals surface area contributed by atoms with Crippen LogP contribution in [-0.4, -0.2) is 77.4 Å². The average molecular weight is 362 g/mol. The zero-order valence-corrected chi connectivity index (χ0v) is 15.5. The van der Waals surface area contributed by atoms with Crippen molar-refractivity contribution in [2.24, 2.45) is 0 Å². The van der Waals surface area contributed by atoms with Gasteiger partial charge in [-0.1, -0.05) is 0 Å². The van der Waals surface area contributed by atoms with Gasteiger partial charge < -0.3 is 19.8 Å². The molecule has 0 bridgehead atoms. The molecule has 0 saturated carbocycles. The van der Waals surface area contributed by atoms with Crippen molar-refractivity contribution < 1.29 is 19.5 Å². The van der Waals surface area contributed by atoms with E-state index in [0.717, 1.165) is 12.2 Å². The molecule has 2 rings (SSSR count). The Balaban J connectivity index is 2.03. The van der Waals surface area contributed by atoms with Crippen LogP contribution in [0.5, 0.6) is 0 Å². The smallest absolute Gasteiger partial charge is 0.323 e. The number of rotatable bonds is 5. The van der Waals surface area contributed by atoms with Gasteiger partial charge in [0.25, 0.3) is 5.91 Å². The number of pyridine rings is 1. The normalized spacial score (nSPS) is 17.3. The zero-order chi connectivity index (χ0) is 19.3. The molecule has 1 saturated heterocycles. The maximum absolute atomic E-state index is 12.7. The van der Waals surface area contributed by atoms with Gasteiger partial charge in [0.05, 0.1) is 5.56 Å². The number of carboxylic acids is 1. The Bertz CT molecular complexity index is 660. The molecule has 0 spiro atoms. The quantitative estimate of drug-likeness (QED) is 0.842.